The fourth-order valence-corrected chi connectivity index (χ4v) is 3.94. The first kappa shape index (κ1) is 18.4. The van der Waals surface area contributed by atoms with Crippen molar-refractivity contribution in [3.05, 3.63) is 34.2 Å². The van der Waals surface area contributed by atoms with E-state index in [2.05, 4.69) is 9.88 Å². The summed E-state index contributed by atoms with van der Waals surface area (Å²) in [7, 11) is 0. The zero-order valence-corrected chi connectivity index (χ0v) is 15.5. The SMILES string of the molecule is Cc1ccc2[nH]c(=O)n(C3CCN(C(C)(C)CC(=N)C(=O)O)CC3)c2c1. The van der Waals surface area contributed by atoms with Gasteiger partial charge in [-0.25, -0.2) is 9.59 Å². The molecular weight excluding hydrogens is 332 g/mol. The van der Waals surface area contributed by atoms with Gasteiger partial charge in [0.1, 0.15) is 5.71 Å². The number of fused-ring (bicyclic) bond motifs is 1. The van der Waals surface area contributed by atoms with E-state index >= 15 is 0 Å². The molecule has 0 amide bonds. The van der Waals surface area contributed by atoms with E-state index in [1.807, 2.05) is 43.5 Å². The Morgan fingerprint density at radius 1 is 1.35 bits per heavy atom. The van der Waals surface area contributed by atoms with Gasteiger partial charge in [-0.3, -0.25) is 14.9 Å². The summed E-state index contributed by atoms with van der Waals surface area (Å²) in [5.41, 5.74) is 2.20. The minimum Gasteiger partial charge on any atom is -0.477 e. The molecule has 26 heavy (non-hydrogen) atoms. The molecule has 0 atom stereocenters. The number of benzene rings is 1. The van der Waals surface area contributed by atoms with E-state index in [1.165, 1.54) is 0 Å². The van der Waals surface area contributed by atoms with Crippen LogP contribution in [-0.4, -0.2) is 49.9 Å². The normalized spacial score (nSPS) is 16.9. The Hall–Kier alpha value is -2.41. The number of rotatable bonds is 5. The zero-order valence-electron chi connectivity index (χ0n) is 15.5. The Kier molecular flexibility index (Phi) is 4.75. The van der Waals surface area contributed by atoms with Crippen molar-refractivity contribution >= 4 is 22.7 Å². The van der Waals surface area contributed by atoms with Gasteiger partial charge in [-0.05, 0) is 51.3 Å². The van der Waals surface area contributed by atoms with Crippen LogP contribution in [0.4, 0.5) is 0 Å². The highest BCUT2D eigenvalue weighted by atomic mass is 16.4. The molecule has 7 heteroatoms. The molecule has 0 bridgehead atoms. The van der Waals surface area contributed by atoms with Crippen LogP contribution in [0.25, 0.3) is 11.0 Å². The Morgan fingerprint density at radius 3 is 2.62 bits per heavy atom. The van der Waals surface area contributed by atoms with Crippen LogP contribution in [0.1, 0.15) is 44.7 Å². The molecule has 1 aromatic carbocycles. The first-order chi connectivity index (χ1) is 12.2. The molecule has 3 rings (SSSR count). The standard InChI is InChI=1S/C19H26N4O3/c1-12-4-5-15-16(10-12)23(18(26)21-15)13-6-8-22(9-7-13)19(2,3)11-14(20)17(24)25/h4-5,10,13,20H,6-9,11H2,1-3H3,(H,21,26)(H,24,25). The molecule has 2 aromatic rings. The van der Waals surface area contributed by atoms with Gasteiger partial charge >= 0.3 is 11.7 Å². The largest absolute Gasteiger partial charge is 0.477 e. The Bertz CT molecular complexity index is 901. The van der Waals surface area contributed by atoms with Gasteiger partial charge in [0.25, 0.3) is 0 Å². The lowest BCUT2D eigenvalue weighted by molar-refractivity contribution is -0.129. The molecule has 1 saturated heterocycles. The van der Waals surface area contributed by atoms with E-state index < -0.39 is 5.97 Å². The maximum atomic E-state index is 12.4. The number of H-pyrrole nitrogens is 1. The van der Waals surface area contributed by atoms with Crippen LogP contribution >= 0.6 is 0 Å². The lowest BCUT2D eigenvalue weighted by Gasteiger charge is -2.43. The number of carboxylic acid groups (broad SMARTS) is 1. The number of likely N-dealkylation sites (tertiary alicyclic amines) is 1. The van der Waals surface area contributed by atoms with Crippen LogP contribution in [-0.2, 0) is 4.79 Å². The monoisotopic (exact) mass is 358 g/mol. The van der Waals surface area contributed by atoms with Gasteiger partial charge in [0.05, 0.1) is 11.0 Å². The topological polar surface area (TPSA) is 102 Å². The Morgan fingerprint density at radius 2 is 2.00 bits per heavy atom. The summed E-state index contributed by atoms with van der Waals surface area (Å²) < 4.78 is 1.87. The summed E-state index contributed by atoms with van der Waals surface area (Å²) in [6, 6.07) is 6.10. The van der Waals surface area contributed by atoms with E-state index in [0.29, 0.717) is 0 Å². The number of hydrogen-bond donors (Lipinski definition) is 3. The van der Waals surface area contributed by atoms with Crippen LogP contribution < -0.4 is 5.69 Å². The summed E-state index contributed by atoms with van der Waals surface area (Å²) in [6.07, 6.45) is 1.86. The third kappa shape index (κ3) is 3.44. The average Bonchev–Trinajstić information content (AvgIpc) is 2.89. The number of aromatic amines is 1. The van der Waals surface area contributed by atoms with E-state index in [4.69, 9.17) is 10.5 Å². The van der Waals surface area contributed by atoms with Gasteiger partial charge in [-0.2, -0.15) is 0 Å². The predicted molar refractivity (Wildman–Crippen MR) is 101 cm³/mol. The number of nitrogens with one attached hydrogen (secondary N) is 2. The molecule has 1 aliphatic heterocycles. The second-order valence-corrected chi connectivity index (χ2v) is 7.81. The Labute approximate surface area is 152 Å². The number of imidazole rings is 1. The number of piperidine rings is 1. The molecular formula is C19H26N4O3. The van der Waals surface area contributed by atoms with Crippen molar-refractivity contribution in [2.75, 3.05) is 13.1 Å². The number of aryl methyl sites for hydroxylation is 1. The van der Waals surface area contributed by atoms with Gasteiger partial charge in [0.15, 0.2) is 0 Å². The third-order valence-electron chi connectivity index (χ3n) is 5.43. The number of aromatic nitrogens is 2. The molecule has 2 heterocycles. The zero-order chi connectivity index (χ0) is 19.1. The van der Waals surface area contributed by atoms with Gasteiger partial charge < -0.3 is 10.1 Å². The summed E-state index contributed by atoms with van der Waals surface area (Å²) >= 11 is 0. The van der Waals surface area contributed by atoms with Crippen molar-refractivity contribution in [1.29, 1.82) is 5.41 Å². The lowest BCUT2D eigenvalue weighted by atomic mass is 9.91. The molecule has 0 spiro atoms. The fraction of sp³-hybridized carbons (Fsp3) is 0.526. The summed E-state index contributed by atoms with van der Waals surface area (Å²) in [6.45, 7) is 7.52. The van der Waals surface area contributed by atoms with Crippen molar-refractivity contribution in [2.45, 2.75) is 51.6 Å². The highest BCUT2D eigenvalue weighted by molar-refractivity contribution is 6.34. The molecule has 1 fully saturated rings. The van der Waals surface area contributed by atoms with Crippen LogP contribution in [0.15, 0.2) is 23.0 Å². The summed E-state index contributed by atoms with van der Waals surface area (Å²) in [5, 5.41) is 16.6. The smallest absolute Gasteiger partial charge is 0.349 e. The van der Waals surface area contributed by atoms with Gasteiger partial charge in [0, 0.05) is 31.1 Å². The number of nitrogens with zero attached hydrogens (tertiary/aromatic N) is 2. The number of hydrogen-bond acceptors (Lipinski definition) is 4. The number of carboxylic acids is 1. The van der Waals surface area contributed by atoms with E-state index in [9.17, 15) is 9.59 Å². The quantitative estimate of drug-likeness (QED) is 0.715. The van der Waals surface area contributed by atoms with Crippen molar-refractivity contribution in [2.24, 2.45) is 0 Å². The van der Waals surface area contributed by atoms with Crippen LogP contribution in [0, 0.1) is 12.3 Å². The number of aliphatic carboxylic acids is 1. The van der Waals surface area contributed by atoms with Crippen molar-refractivity contribution in [3.63, 3.8) is 0 Å². The van der Waals surface area contributed by atoms with Crippen LogP contribution in [0.2, 0.25) is 0 Å². The summed E-state index contributed by atoms with van der Waals surface area (Å²) in [4.78, 5) is 28.6. The first-order valence-electron chi connectivity index (χ1n) is 8.95. The lowest BCUT2D eigenvalue weighted by Crippen LogP contribution is -2.50. The van der Waals surface area contributed by atoms with Crippen molar-refractivity contribution < 1.29 is 9.90 Å². The highest BCUT2D eigenvalue weighted by Crippen LogP contribution is 2.30. The average molecular weight is 358 g/mol. The first-order valence-corrected chi connectivity index (χ1v) is 8.95. The van der Waals surface area contributed by atoms with Gasteiger partial charge in [-0.1, -0.05) is 6.07 Å². The minimum absolute atomic E-state index is 0.0732. The second kappa shape index (κ2) is 6.72. The maximum Gasteiger partial charge on any atom is 0.349 e. The molecule has 0 unspecified atom stereocenters. The van der Waals surface area contributed by atoms with Crippen LogP contribution in [0.5, 0.6) is 0 Å². The van der Waals surface area contributed by atoms with E-state index in [-0.39, 0.29) is 29.4 Å². The second-order valence-electron chi connectivity index (χ2n) is 7.81. The molecule has 1 aliphatic rings. The maximum absolute atomic E-state index is 12.4. The number of carbonyl (C=O) groups is 1. The van der Waals surface area contributed by atoms with Crippen LogP contribution in [0.3, 0.4) is 0 Å². The molecule has 140 valence electrons. The predicted octanol–water partition coefficient (Wildman–Crippen LogP) is 2.55. The third-order valence-corrected chi connectivity index (χ3v) is 5.43. The van der Waals surface area contributed by atoms with E-state index in [0.717, 1.165) is 42.5 Å². The minimum atomic E-state index is -1.16. The van der Waals surface area contributed by atoms with Gasteiger partial charge in [-0.15, -0.1) is 0 Å². The fourth-order valence-electron chi connectivity index (χ4n) is 3.94. The van der Waals surface area contributed by atoms with Crippen molar-refractivity contribution in [3.8, 4) is 0 Å². The van der Waals surface area contributed by atoms with E-state index in [1.54, 1.807) is 0 Å². The summed E-state index contributed by atoms with van der Waals surface area (Å²) in [5.74, 6) is -1.16. The molecule has 1 aromatic heterocycles. The van der Waals surface area contributed by atoms with Gasteiger partial charge in [0.2, 0.25) is 0 Å². The molecule has 3 N–H and O–H groups in total. The molecule has 7 nitrogen and oxygen atoms in total. The van der Waals surface area contributed by atoms with Crippen molar-refractivity contribution in [1.82, 2.24) is 14.5 Å². The molecule has 0 aliphatic carbocycles. The molecule has 0 radical (unpaired) electrons. The molecule has 0 saturated carbocycles. The Balaban J connectivity index is 1.76. The highest BCUT2D eigenvalue weighted by Gasteiger charge is 2.33.